The van der Waals surface area contributed by atoms with Gasteiger partial charge in [0.15, 0.2) is 5.96 Å². The molecule has 0 atom stereocenters. The fourth-order valence-corrected chi connectivity index (χ4v) is 2.18. The van der Waals surface area contributed by atoms with Gasteiger partial charge in [-0.1, -0.05) is 20.8 Å². The minimum Gasteiger partial charge on any atom is -0.476 e. The van der Waals surface area contributed by atoms with Crippen molar-refractivity contribution in [2.45, 2.75) is 45.8 Å². The van der Waals surface area contributed by atoms with E-state index in [1.807, 2.05) is 27.7 Å². The average molecular weight is 413 g/mol. The fraction of sp³-hybridized carbons (Fsp3) is 0.526. The molecule has 0 unspecified atom stereocenters. The van der Waals surface area contributed by atoms with E-state index in [1.54, 1.807) is 6.20 Å². The molecule has 2 heterocycles. The second-order valence-corrected chi connectivity index (χ2v) is 7.22. The summed E-state index contributed by atoms with van der Waals surface area (Å²) in [6, 6.07) is 2.13. The summed E-state index contributed by atoms with van der Waals surface area (Å²) in [4.78, 5) is 12.3. The van der Waals surface area contributed by atoms with E-state index in [9.17, 15) is 13.2 Å². The number of aliphatic imine (C=N–C) groups is 1. The van der Waals surface area contributed by atoms with Gasteiger partial charge in [-0.05, 0) is 13.0 Å². The van der Waals surface area contributed by atoms with Crippen molar-refractivity contribution in [2.24, 2.45) is 4.99 Å². The van der Waals surface area contributed by atoms with E-state index < -0.39 is 11.7 Å². The Bertz CT molecular complexity index is 795. The van der Waals surface area contributed by atoms with E-state index >= 15 is 0 Å². The first-order valence-electron chi connectivity index (χ1n) is 9.23. The van der Waals surface area contributed by atoms with Gasteiger partial charge in [0, 0.05) is 24.2 Å². The van der Waals surface area contributed by atoms with Crippen LogP contribution >= 0.6 is 0 Å². The van der Waals surface area contributed by atoms with Gasteiger partial charge in [0.1, 0.15) is 18.9 Å². The Labute approximate surface area is 167 Å². The zero-order chi connectivity index (χ0) is 21.5. The van der Waals surface area contributed by atoms with Gasteiger partial charge >= 0.3 is 6.18 Å². The Kier molecular flexibility index (Phi) is 7.46. The molecule has 10 heteroatoms. The molecule has 0 aliphatic carbocycles. The first-order chi connectivity index (χ1) is 13.6. The van der Waals surface area contributed by atoms with E-state index in [2.05, 4.69) is 25.6 Å². The second-order valence-electron chi connectivity index (χ2n) is 7.22. The van der Waals surface area contributed by atoms with Crippen molar-refractivity contribution in [1.82, 2.24) is 20.6 Å². The molecule has 2 N–H and O–H groups in total. The van der Waals surface area contributed by atoms with Crippen LogP contribution in [-0.2, 0) is 18.1 Å². The third-order valence-corrected chi connectivity index (χ3v) is 3.72. The Morgan fingerprint density at radius 1 is 1.14 bits per heavy atom. The molecule has 2 rings (SSSR count). The molecule has 0 bridgehead atoms. The molecule has 0 aromatic carbocycles. The first kappa shape index (κ1) is 22.5. The molecule has 0 fully saturated rings. The number of hydrogen-bond acceptors (Lipinski definition) is 5. The summed E-state index contributed by atoms with van der Waals surface area (Å²) >= 11 is 0. The third-order valence-electron chi connectivity index (χ3n) is 3.72. The molecule has 0 radical (unpaired) electrons. The standard InChI is InChI=1S/C19H26F3N5O2/c1-5-23-17(27-12-16-26-11-14(29-16)18(2,3)4)24-8-9-28-15-7-6-13(10-25-15)19(20,21)22/h6-7,10-11H,5,8-9,12H2,1-4H3,(H2,23,24,27). The Hall–Kier alpha value is -2.78. The van der Waals surface area contributed by atoms with Crippen LogP contribution in [0, 0.1) is 0 Å². The summed E-state index contributed by atoms with van der Waals surface area (Å²) in [5.74, 6) is 1.97. The van der Waals surface area contributed by atoms with Crippen molar-refractivity contribution in [1.29, 1.82) is 0 Å². The van der Waals surface area contributed by atoms with Gasteiger partial charge in [-0.3, -0.25) is 0 Å². The number of aromatic nitrogens is 2. The van der Waals surface area contributed by atoms with Gasteiger partial charge in [0.05, 0.1) is 18.3 Å². The van der Waals surface area contributed by atoms with E-state index in [4.69, 9.17) is 9.15 Å². The maximum atomic E-state index is 12.5. The van der Waals surface area contributed by atoms with Gasteiger partial charge in [-0.2, -0.15) is 13.2 Å². The molecular weight excluding hydrogens is 387 g/mol. The van der Waals surface area contributed by atoms with Crippen LogP contribution in [0.3, 0.4) is 0 Å². The van der Waals surface area contributed by atoms with Crippen LogP contribution in [0.25, 0.3) is 0 Å². The number of halogens is 3. The lowest BCUT2D eigenvalue weighted by Gasteiger charge is -2.13. The summed E-state index contributed by atoms with van der Waals surface area (Å²) < 4.78 is 48.6. The molecule has 0 amide bonds. The number of rotatable bonds is 7. The van der Waals surface area contributed by atoms with Crippen LogP contribution in [0.2, 0.25) is 0 Å². The van der Waals surface area contributed by atoms with E-state index in [-0.39, 0.29) is 24.4 Å². The minimum absolute atomic E-state index is 0.122. The van der Waals surface area contributed by atoms with Crippen LogP contribution in [0.4, 0.5) is 13.2 Å². The van der Waals surface area contributed by atoms with E-state index in [0.717, 1.165) is 18.0 Å². The number of pyridine rings is 1. The van der Waals surface area contributed by atoms with Crippen LogP contribution in [0.1, 0.15) is 44.9 Å². The third kappa shape index (κ3) is 7.28. The molecule has 2 aromatic heterocycles. The van der Waals surface area contributed by atoms with Crippen LogP contribution in [0.5, 0.6) is 5.88 Å². The summed E-state index contributed by atoms with van der Waals surface area (Å²) in [5, 5.41) is 6.16. The Morgan fingerprint density at radius 2 is 1.90 bits per heavy atom. The largest absolute Gasteiger partial charge is 0.476 e. The zero-order valence-electron chi connectivity index (χ0n) is 16.9. The maximum absolute atomic E-state index is 12.5. The fourth-order valence-electron chi connectivity index (χ4n) is 2.18. The highest BCUT2D eigenvalue weighted by Gasteiger charge is 2.30. The second kappa shape index (κ2) is 9.62. The highest BCUT2D eigenvalue weighted by Crippen LogP contribution is 2.29. The molecule has 0 spiro atoms. The molecule has 2 aromatic rings. The van der Waals surface area contributed by atoms with Gasteiger partial charge in [0.2, 0.25) is 11.8 Å². The van der Waals surface area contributed by atoms with Crippen LogP contribution < -0.4 is 15.4 Å². The van der Waals surface area contributed by atoms with Gasteiger partial charge in [-0.25, -0.2) is 15.0 Å². The number of guanidine groups is 1. The lowest BCUT2D eigenvalue weighted by atomic mass is 9.94. The lowest BCUT2D eigenvalue weighted by Crippen LogP contribution is -2.39. The summed E-state index contributed by atoms with van der Waals surface area (Å²) in [5.41, 5.74) is -0.938. The highest BCUT2D eigenvalue weighted by molar-refractivity contribution is 5.79. The highest BCUT2D eigenvalue weighted by atomic mass is 19.4. The summed E-state index contributed by atoms with van der Waals surface area (Å²) in [7, 11) is 0. The number of oxazole rings is 1. The van der Waals surface area contributed by atoms with Crippen LogP contribution in [-0.4, -0.2) is 35.6 Å². The monoisotopic (exact) mass is 413 g/mol. The Morgan fingerprint density at radius 3 is 2.45 bits per heavy atom. The minimum atomic E-state index is -4.42. The first-order valence-corrected chi connectivity index (χ1v) is 9.23. The molecule has 0 saturated carbocycles. The van der Waals surface area contributed by atoms with E-state index in [1.165, 1.54) is 6.07 Å². The smallest absolute Gasteiger partial charge is 0.417 e. The SMILES string of the molecule is CCNC(=NCc1ncc(C(C)(C)C)o1)NCCOc1ccc(C(F)(F)F)cn1. The number of ether oxygens (including phenoxy) is 1. The van der Waals surface area contributed by atoms with Crippen molar-refractivity contribution in [3.05, 3.63) is 41.7 Å². The topological polar surface area (TPSA) is 84.6 Å². The molecule has 0 aliphatic rings. The molecule has 7 nitrogen and oxygen atoms in total. The molecular formula is C19H26F3N5O2. The Balaban J connectivity index is 1.83. The number of nitrogens with zero attached hydrogens (tertiary/aromatic N) is 3. The predicted molar refractivity (Wildman–Crippen MR) is 103 cm³/mol. The number of hydrogen-bond donors (Lipinski definition) is 2. The van der Waals surface area contributed by atoms with Gasteiger partial charge in [-0.15, -0.1) is 0 Å². The normalized spacial score (nSPS) is 12.7. The lowest BCUT2D eigenvalue weighted by molar-refractivity contribution is -0.137. The van der Waals surface area contributed by atoms with E-state index in [0.29, 0.717) is 24.9 Å². The van der Waals surface area contributed by atoms with Crippen molar-refractivity contribution in [3.63, 3.8) is 0 Å². The predicted octanol–water partition coefficient (Wildman–Crippen LogP) is 3.52. The summed E-state index contributed by atoms with van der Waals surface area (Å²) in [6.07, 6.45) is -1.96. The maximum Gasteiger partial charge on any atom is 0.417 e. The van der Waals surface area contributed by atoms with Crippen molar-refractivity contribution >= 4 is 5.96 Å². The average Bonchev–Trinajstić information content (AvgIpc) is 3.12. The van der Waals surface area contributed by atoms with Crippen LogP contribution in [0.15, 0.2) is 33.9 Å². The number of alkyl halides is 3. The zero-order valence-corrected chi connectivity index (χ0v) is 16.9. The quantitative estimate of drug-likeness (QED) is 0.411. The number of nitrogens with one attached hydrogen (secondary N) is 2. The van der Waals surface area contributed by atoms with Crippen molar-refractivity contribution in [2.75, 3.05) is 19.7 Å². The molecule has 29 heavy (non-hydrogen) atoms. The van der Waals surface area contributed by atoms with Gasteiger partial charge in [0.25, 0.3) is 0 Å². The summed E-state index contributed by atoms with van der Waals surface area (Å²) in [6.45, 7) is 9.57. The molecule has 0 aliphatic heterocycles. The molecule has 0 saturated heterocycles. The van der Waals surface area contributed by atoms with Crippen molar-refractivity contribution < 1.29 is 22.3 Å². The van der Waals surface area contributed by atoms with Gasteiger partial charge < -0.3 is 19.8 Å². The molecule has 160 valence electrons. The van der Waals surface area contributed by atoms with Crippen molar-refractivity contribution in [3.8, 4) is 5.88 Å².